The maximum atomic E-state index is 13.0. The van der Waals surface area contributed by atoms with Crippen LogP contribution in [0.2, 0.25) is 0 Å². The van der Waals surface area contributed by atoms with Crippen molar-refractivity contribution in [2.45, 2.75) is 175 Å². The van der Waals surface area contributed by atoms with Crippen LogP contribution in [0.25, 0.3) is 0 Å². The second kappa shape index (κ2) is 40.7. The number of carbonyl (C=O) groups is 4. The minimum Gasteiger partial charge on any atom is -0.465 e. The molecule has 0 radical (unpaired) electrons. The summed E-state index contributed by atoms with van der Waals surface area (Å²) in [5.41, 5.74) is 0. The van der Waals surface area contributed by atoms with E-state index in [-0.39, 0.29) is 64.2 Å². The van der Waals surface area contributed by atoms with Crippen LogP contribution in [0.3, 0.4) is 0 Å². The molecule has 0 amide bonds. The molecule has 1 rings (SSSR count). The molecule has 0 bridgehead atoms. The van der Waals surface area contributed by atoms with Crippen molar-refractivity contribution in [3.63, 3.8) is 0 Å². The fourth-order valence-corrected chi connectivity index (χ4v) is 6.52. The number of allylic oxidation sites excluding steroid dienone is 4. The van der Waals surface area contributed by atoms with Crippen molar-refractivity contribution in [2.24, 2.45) is 11.8 Å². The lowest BCUT2D eigenvalue weighted by Crippen LogP contribution is -2.37. The van der Waals surface area contributed by atoms with Crippen LogP contribution in [-0.2, 0) is 47.5 Å². The molecule has 2 atom stereocenters. The maximum absolute atomic E-state index is 13.0. The van der Waals surface area contributed by atoms with Gasteiger partial charge in [-0.1, -0.05) is 77.2 Å². The van der Waals surface area contributed by atoms with Crippen LogP contribution in [0.5, 0.6) is 0 Å². The number of esters is 3. The number of hydrogen-bond donors (Lipinski definition) is 0. The van der Waals surface area contributed by atoms with Crippen LogP contribution in [0.15, 0.2) is 24.3 Å². The molecule has 12 heteroatoms. The van der Waals surface area contributed by atoms with E-state index in [4.69, 9.17) is 33.2 Å². The van der Waals surface area contributed by atoms with Gasteiger partial charge >= 0.3 is 24.1 Å². The number of rotatable bonds is 37. The average molecular weight is 862 g/mol. The Hall–Kier alpha value is -3.40. The van der Waals surface area contributed by atoms with E-state index in [1.807, 2.05) is 0 Å². The Morgan fingerprint density at radius 3 is 1.85 bits per heavy atom. The minimum absolute atomic E-state index is 0.0731. The van der Waals surface area contributed by atoms with Gasteiger partial charge in [-0.05, 0) is 96.6 Å². The van der Waals surface area contributed by atoms with Gasteiger partial charge < -0.3 is 38.1 Å². The summed E-state index contributed by atoms with van der Waals surface area (Å²) in [6.07, 6.45) is 25.0. The summed E-state index contributed by atoms with van der Waals surface area (Å²) >= 11 is 0. The number of carbonyl (C=O) groups excluding carboxylic acids is 4. The van der Waals surface area contributed by atoms with Crippen LogP contribution >= 0.6 is 0 Å². The van der Waals surface area contributed by atoms with E-state index in [2.05, 4.69) is 68.7 Å². The Bertz CT molecular complexity index is 1220. The average Bonchev–Trinajstić information content (AvgIpc) is 3.27. The number of hydrogen-bond acceptors (Lipinski definition) is 12. The van der Waals surface area contributed by atoms with Crippen LogP contribution in [-0.4, -0.2) is 101 Å². The Kier molecular flexibility index (Phi) is 37.1. The first-order chi connectivity index (χ1) is 29.8. The Morgan fingerprint density at radius 1 is 0.623 bits per heavy atom. The molecule has 61 heavy (non-hydrogen) atoms. The summed E-state index contributed by atoms with van der Waals surface area (Å²) < 4.78 is 39.3. The van der Waals surface area contributed by atoms with E-state index in [9.17, 15) is 19.2 Å². The van der Waals surface area contributed by atoms with Crippen molar-refractivity contribution < 1.29 is 52.3 Å². The second-order valence-corrected chi connectivity index (χ2v) is 15.8. The predicted molar refractivity (Wildman–Crippen MR) is 240 cm³/mol. The number of nitrogens with zero attached hydrogens (tertiary/aromatic N) is 1. The van der Waals surface area contributed by atoms with Crippen molar-refractivity contribution >= 4 is 24.1 Å². The SMILES string of the molecule is CC/C=C\CCCCOC(CCC(=O)OCC(COC(=O)CCCCC(=O)OCCC#CCCCCCC)COC(=O)OCC1CCCN(CC)C1)OCCCC/C=C\CC. The molecule has 0 aromatic carbocycles. The molecule has 0 aromatic heterocycles. The molecule has 1 aliphatic heterocycles. The van der Waals surface area contributed by atoms with Gasteiger partial charge in [-0.3, -0.25) is 14.4 Å². The van der Waals surface area contributed by atoms with Crippen molar-refractivity contribution in [2.75, 3.05) is 65.9 Å². The smallest absolute Gasteiger partial charge is 0.465 e. The van der Waals surface area contributed by atoms with Gasteiger partial charge in [0.25, 0.3) is 0 Å². The zero-order chi connectivity index (χ0) is 44.4. The van der Waals surface area contributed by atoms with E-state index in [1.165, 1.54) is 19.3 Å². The van der Waals surface area contributed by atoms with E-state index < -0.39 is 30.3 Å². The molecule has 0 N–H and O–H groups in total. The van der Waals surface area contributed by atoms with E-state index in [0.717, 1.165) is 96.7 Å². The number of piperidine rings is 1. The van der Waals surface area contributed by atoms with Gasteiger partial charge in [-0.25, -0.2) is 4.79 Å². The minimum atomic E-state index is -0.808. The maximum Gasteiger partial charge on any atom is 0.508 e. The molecule has 12 nitrogen and oxygen atoms in total. The zero-order valence-electron chi connectivity index (χ0n) is 38.6. The highest BCUT2D eigenvalue weighted by Gasteiger charge is 2.23. The van der Waals surface area contributed by atoms with E-state index in [1.54, 1.807) is 0 Å². The van der Waals surface area contributed by atoms with Gasteiger partial charge in [0.2, 0.25) is 0 Å². The highest BCUT2D eigenvalue weighted by molar-refractivity contribution is 5.71. The lowest BCUT2D eigenvalue weighted by Gasteiger charge is -2.31. The lowest BCUT2D eigenvalue weighted by molar-refractivity contribution is -0.161. The van der Waals surface area contributed by atoms with Crippen molar-refractivity contribution in [3.05, 3.63) is 24.3 Å². The molecule has 1 fully saturated rings. The monoisotopic (exact) mass is 862 g/mol. The summed E-state index contributed by atoms with van der Waals surface area (Å²) in [7, 11) is 0. The van der Waals surface area contributed by atoms with Crippen LogP contribution in [0, 0.1) is 23.7 Å². The van der Waals surface area contributed by atoms with Crippen molar-refractivity contribution in [3.8, 4) is 11.8 Å². The molecular weight excluding hydrogens is 779 g/mol. The quantitative estimate of drug-likeness (QED) is 0.0147. The third-order valence-electron chi connectivity index (χ3n) is 10.2. The first-order valence-electron chi connectivity index (χ1n) is 23.8. The van der Waals surface area contributed by atoms with Gasteiger partial charge in [-0.2, -0.15) is 0 Å². The number of unbranched alkanes of at least 4 members (excludes halogenated alkanes) is 9. The normalized spacial score (nSPS) is 14.8. The molecule has 0 saturated carbocycles. The fraction of sp³-hybridized carbons (Fsp3) is 0.796. The van der Waals surface area contributed by atoms with Gasteiger partial charge in [0.05, 0.1) is 18.9 Å². The van der Waals surface area contributed by atoms with Gasteiger partial charge in [0.1, 0.15) is 26.4 Å². The summed E-state index contributed by atoms with van der Waals surface area (Å²) in [4.78, 5) is 52.6. The molecule has 2 unspecified atom stereocenters. The molecule has 0 aromatic rings. The van der Waals surface area contributed by atoms with Crippen LogP contribution in [0.1, 0.15) is 169 Å². The highest BCUT2D eigenvalue weighted by Crippen LogP contribution is 2.17. The highest BCUT2D eigenvalue weighted by atomic mass is 16.7. The Morgan fingerprint density at radius 2 is 1.23 bits per heavy atom. The van der Waals surface area contributed by atoms with Gasteiger partial charge in [0, 0.05) is 57.8 Å². The Labute approximate surface area is 369 Å². The number of likely N-dealkylation sites (tertiary alicyclic amines) is 1. The van der Waals surface area contributed by atoms with E-state index in [0.29, 0.717) is 38.9 Å². The van der Waals surface area contributed by atoms with Crippen molar-refractivity contribution in [1.29, 1.82) is 0 Å². The molecule has 1 saturated heterocycles. The third kappa shape index (κ3) is 34.8. The third-order valence-corrected chi connectivity index (χ3v) is 10.2. The van der Waals surface area contributed by atoms with Gasteiger partial charge in [-0.15, -0.1) is 5.92 Å². The van der Waals surface area contributed by atoms with Crippen LogP contribution < -0.4 is 0 Å². The second-order valence-electron chi connectivity index (χ2n) is 15.8. The summed E-state index contributed by atoms with van der Waals surface area (Å²) in [6.45, 7) is 12.6. The fourth-order valence-electron chi connectivity index (χ4n) is 6.52. The van der Waals surface area contributed by atoms with Crippen molar-refractivity contribution in [1.82, 2.24) is 4.90 Å². The lowest BCUT2D eigenvalue weighted by atomic mass is 9.99. The first kappa shape index (κ1) is 55.6. The standard InChI is InChI=1S/C49H83NO11/c1-5-9-12-15-18-19-22-25-35-55-45(51)30-23-24-31-46(52)58-40-44(42-61-49(54)60-39-43-29-28-34-50(8-4)38-43)41-59-47(53)32-33-48(56-36-26-20-16-13-10-6-2)57-37-27-21-17-14-11-7-3/h10-11,13-14,43-44,48H,5-9,12,15-18,20-21,23-42H2,1-4H3/b13-10-,14-11-. The van der Waals surface area contributed by atoms with Crippen LogP contribution in [0.4, 0.5) is 4.79 Å². The molecule has 1 heterocycles. The van der Waals surface area contributed by atoms with Gasteiger partial charge in [0.15, 0.2) is 6.29 Å². The number of ether oxygens (including phenoxy) is 7. The summed E-state index contributed by atoms with van der Waals surface area (Å²) in [6, 6.07) is 0. The summed E-state index contributed by atoms with van der Waals surface area (Å²) in [5.74, 6) is 4.59. The topological polar surface area (TPSA) is 136 Å². The zero-order valence-corrected chi connectivity index (χ0v) is 38.6. The molecular formula is C49H83NO11. The molecule has 350 valence electrons. The van der Waals surface area contributed by atoms with E-state index >= 15 is 0 Å². The largest absolute Gasteiger partial charge is 0.508 e. The summed E-state index contributed by atoms with van der Waals surface area (Å²) in [5, 5.41) is 0. The first-order valence-corrected chi connectivity index (χ1v) is 23.8. The molecule has 0 spiro atoms. The molecule has 1 aliphatic rings. The predicted octanol–water partition coefficient (Wildman–Crippen LogP) is 10.5. The molecule has 0 aliphatic carbocycles. The Balaban J connectivity index is 2.61.